The second kappa shape index (κ2) is 5.00. The van der Waals surface area contributed by atoms with E-state index in [4.69, 9.17) is 11.6 Å². The van der Waals surface area contributed by atoms with E-state index in [9.17, 15) is 0 Å². The Bertz CT molecular complexity index is 528. The first kappa shape index (κ1) is 14.9. The van der Waals surface area contributed by atoms with Gasteiger partial charge in [0, 0.05) is 17.1 Å². The van der Waals surface area contributed by atoms with Crippen LogP contribution in [0.2, 0.25) is 5.02 Å². The van der Waals surface area contributed by atoms with E-state index < -0.39 is 0 Å². The third-order valence-corrected chi connectivity index (χ3v) is 7.54. The Hall–Kier alpha value is -0.0500. The van der Waals surface area contributed by atoms with E-state index in [2.05, 4.69) is 54.2 Å². The van der Waals surface area contributed by atoms with Crippen LogP contribution in [-0.4, -0.2) is 6.04 Å². The van der Waals surface area contributed by atoms with E-state index >= 15 is 0 Å². The molecule has 3 rings (SSSR count). The van der Waals surface area contributed by atoms with Crippen LogP contribution in [0.4, 0.5) is 0 Å². The van der Waals surface area contributed by atoms with E-state index in [-0.39, 0.29) is 0 Å². The van der Waals surface area contributed by atoms with Crippen LogP contribution in [0.25, 0.3) is 0 Å². The summed E-state index contributed by atoms with van der Waals surface area (Å²) in [7, 11) is 0. The summed E-state index contributed by atoms with van der Waals surface area (Å²) in [4.78, 5) is 0. The molecule has 0 aromatic heterocycles. The second-order valence-corrected chi connectivity index (χ2v) is 8.55. The predicted molar refractivity (Wildman–Crippen MR) is 89.0 cm³/mol. The third kappa shape index (κ3) is 2.15. The number of benzene rings is 1. The summed E-state index contributed by atoms with van der Waals surface area (Å²) in [5.41, 5.74) is 2.22. The highest BCUT2D eigenvalue weighted by Gasteiger charge is 2.60. The summed E-state index contributed by atoms with van der Waals surface area (Å²) in [5, 5.41) is 4.59. The first-order chi connectivity index (χ1) is 9.34. The number of fused-ring (bicyclic) bond motifs is 2. The van der Waals surface area contributed by atoms with Crippen molar-refractivity contribution >= 4 is 27.5 Å². The Kier molecular flexibility index (Phi) is 3.72. The van der Waals surface area contributed by atoms with Crippen LogP contribution in [-0.2, 0) is 6.54 Å². The zero-order chi connectivity index (χ0) is 14.5. The maximum absolute atomic E-state index is 6.05. The summed E-state index contributed by atoms with van der Waals surface area (Å²) in [6.45, 7) is 8.34. The molecule has 3 unspecified atom stereocenters. The normalized spacial score (nSPS) is 34.6. The molecule has 3 heteroatoms. The van der Waals surface area contributed by atoms with Crippen molar-refractivity contribution in [2.45, 2.75) is 52.6 Å². The highest BCUT2D eigenvalue weighted by Crippen LogP contribution is 2.65. The van der Waals surface area contributed by atoms with Gasteiger partial charge in [0.15, 0.2) is 0 Å². The quantitative estimate of drug-likeness (QED) is 0.764. The third-order valence-electron chi connectivity index (χ3n) is 6.33. The fourth-order valence-corrected chi connectivity index (χ4v) is 4.95. The van der Waals surface area contributed by atoms with Gasteiger partial charge in [-0.1, -0.05) is 38.4 Å². The molecule has 0 saturated heterocycles. The zero-order valence-corrected chi connectivity index (χ0v) is 14.8. The monoisotopic (exact) mass is 355 g/mol. The van der Waals surface area contributed by atoms with Crippen molar-refractivity contribution < 1.29 is 0 Å². The maximum atomic E-state index is 6.05. The van der Waals surface area contributed by atoms with Crippen LogP contribution in [0.5, 0.6) is 0 Å². The lowest BCUT2D eigenvalue weighted by Gasteiger charge is -2.39. The van der Waals surface area contributed by atoms with Crippen molar-refractivity contribution in [3.8, 4) is 0 Å². The van der Waals surface area contributed by atoms with Crippen LogP contribution in [0, 0.1) is 16.7 Å². The highest BCUT2D eigenvalue weighted by molar-refractivity contribution is 9.10. The van der Waals surface area contributed by atoms with E-state index in [1.165, 1.54) is 24.8 Å². The predicted octanol–water partition coefficient (Wildman–Crippen LogP) is 5.41. The van der Waals surface area contributed by atoms with Crippen LogP contribution in [0.1, 0.15) is 45.6 Å². The largest absolute Gasteiger partial charge is 0.309 e. The minimum Gasteiger partial charge on any atom is -0.309 e. The summed E-state index contributed by atoms with van der Waals surface area (Å²) in [6.07, 6.45) is 4.11. The fraction of sp³-hybridized carbons (Fsp3) is 0.647. The van der Waals surface area contributed by atoms with Crippen molar-refractivity contribution in [1.82, 2.24) is 5.32 Å². The van der Waals surface area contributed by atoms with Crippen molar-refractivity contribution in [3.05, 3.63) is 33.3 Å². The minimum atomic E-state index is 0.446. The lowest BCUT2D eigenvalue weighted by molar-refractivity contribution is 0.120. The van der Waals surface area contributed by atoms with Gasteiger partial charge >= 0.3 is 0 Å². The van der Waals surface area contributed by atoms with E-state index in [1.54, 1.807) is 0 Å². The molecular weight excluding hydrogens is 334 g/mol. The van der Waals surface area contributed by atoms with Gasteiger partial charge in [-0.25, -0.2) is 0 Å². The molecule has 0 aliphatic heterocycles. The average Bonchev–Trinajstić information content (AvgIpc) is 2.73. The fourth-order valence-electron chi connectivity index (χ4n) is 4.40. The smallest absolute Gasteiger partial charge is 0.0548 e. The molecule has 1 N–H and O–H groups in total. The van der Waals surface area contributed by atoms with Gasteiger partial charge in [0.1, 0.15) is 0 Å². The first-order valence-corrected chi connectivity index (χ1v) is 8.69. The number of hydrogen-bond donors (Lipinski definition) is 1. The SMILES string of the molecule is CC1(C)C2CCC1(C)C(NCc1ccc(Cl)c(Br)c1)C2. The Balaban J connectivity index is 1.69. The number of rotatable bonds is 3. The lowest BCUT2D eigenvalue weighted by Crippen LogP contribution is -2.44. The summed E-state index contributed by atoms with van der Waals surface area (Å²) < 4.78 is 0.984. The topological polar surface area (TPSA) is 12.0 Å². The highest BCUT2D eigenvalue weighted by atomic mass is 79.9. The number of hydrogen-bond acceptors (Lipinski definition) is 1. The average molecular weight is 357 g/mol. The van der Waals surface area contributed by atoms with Gasteiger partial charge in [-0.2, -0.15) is 0 Å². The van der Waals surface area contributed by atoms with Crippen molar-refractivity contribution in [2.24, 2.45) is 16.7 Å². The zero-order valence-electron chi connectivity index (χ0n) is 12.5. The van der Waals surface area contributed by atoms with Crippen LogP contribution < -0.4 is 5.32 Å². The van der Waals surface area contributed by atoms with Gasteiger partial charge in [-0.3, -0.25) is 0 Å². The molecule has 2 saturated carbocycles. The summed E-state index contributed by atoms with van der Waals surface area (Å²) in [6, 6.07) is 6.84. The molecule has 110 valence electrons. The molecule has 20 heavy (non-hydrogen) atoms. The first-order valence-electron chi connectivity index (χ1n) is 7.52. The molecule has 2 aliphatic carbocycles. The Labute approximate surface area is 135 Å². The Morgan fingerprint density at radius 2 is 2.10 bits per heavy atom. The molecular formula is C17H23BrClN. The van der Waals surface area contributed by atoms with Gasteiger partial charge in [-0.15, -0.1) is 0 Å². The second-order valence-electron chi connectivity index (χ2n) is 7.29. The van der Waals surface area contributed by atoms with Crippen LogP contribution in [0.3, 0.4) is 0 Å². The van der Waals surface area contributed by atoms with Gasteiger partial charge in [0.05, 0.1) is 5.02 Å². The van der Waals surface area contributed by atoms with Crippen molar-refractivity contribution in [1.29, 1.82) is 0 Å². The van der Waals surface area contributed by atoms with Gasteiger partial charge in [-0.05, 0) is 69.6 Å². The Morgan fingerprint density at radius 1 is 1.35 bits per heavy atom. The van der Waals surface area contributed by atoms with Gasteiger partial charge < -0.3 is 5.32 Å². The molecule has 1 aromatic carbocycles. The molecule has 1 aromatic rings. The van der Waals surface area contributed by atoms with E-state index in [1.807, 2.05) is 6.07 Å². The van der Waals surface area contributed by atoms with E-state index in [0.717, 1.165) is 22.0 Å². The molecule has 0 radical (unpaired) electrons. The van der Waals surface area contributed by atoms with Crippen molar-refractivity contribution in [3.63, 3.8) is 0 Å². The molecule has 1 nitrogen and oxygen atoms in total. The lowest BCUT2D eigenvalue weighted by atomic mass is 9.69. The number of halogens is 2. The molecule has 0 heterocycles. The maximum Gasteiger partial charge on any atom is 0.0548 e. The van der Waals surface area contributed by atoms with Crippen molar-refractivity contribution in [2.75, 3.05) is 0 Å². The van der Waals surface area contributed by atoms with Gasteiger partial charge in [0.2, 0.25) is 0 Å². The molecule has 2 bridgehead atoms. The summed E-state index contributed by atoms with van der Waals surface area (Å²) in [5.74, 6) is 0.891. The van der Waals surface area contributed by atoms with Gasteiger partial charge in [0.25, 0.3) is 0 Å². The van der Waals surface area contributed by atoms with Crippen LogP contribution in [0.15, 0.2) is 22.7 Å². The number of nitrogens with one attached hydrogen (secondary N) is 1. The standard InChI is InChI=1S/C17H23BrClN/c1-16(2)12-6-7-17(16,3)15(9-12)20-10-11-4-5-14(19)13(18)8-11/h4-5,8,12,15,20H,6-7,9-10H2,1-3H3. The minimum absolute atomic E-state index is 0.446. The summed E-state index contributed by atoms with van der Waals surface area (Å²) >= 11 is 9.55. The molecule has 0 spiro atoms. The Morgan fingerprint density at radius 3 is 2.65 bits per heavy atom. The molecule has 3 atom stereocenters. The molecule has 0 amide bonds. The molecule has 2 fully saturated rings. The van der Waals surface area contributed by atoms with Crippen LogP contribution >= 0.6 is 27.5 Å². The molecule has 2 aliphatic rings. The van der Waals surface area contributed by atoms with E-state index in [0.29, 0.717) is 16.9 Å².